The van der Waals surface area contributed by atoms with Crippen molar-refractivity contribution < 1.29 is 19.0 Å². The lowest BCUT2D eigenvalue weighted by Gasteiger charge is -2.13. The Kier molecular flexibility index (Phi) is 5.73. The number of nitrogens with one attached hydrogen (secondary N) is 1. The molecule has 1 aliphatic heterocycles. The van der Waals surface area contributed by atoms with Crippen molar-refractivity contribution in [3.05, 3.63) is 59.7 Å². The van der Waals surface area contributed by atoms with Gasteiger partial charge in [0.1, 0.15) is 0 Å². The van der Waals surface area contributed by atoms with Crippen molar-refractivity contribution in [2.75, 3.05) is 13.4 Å². The highest BCUT2D eigenvalue weighted by Gasteiger charge is 2.17. The molecule has 2 aromatic rings. The number of carbonyl (C=O) groups is 1. The maximum atomic E-state index is 12.5. The fourth-order valence-corrected chi connectivity index (χ4v) is 2.32. The van der Waals surface area contributed by atoms with E-state index in [1.807, 2.05) is 44.2 Å². The fourth-order valence-electron chi connectivity index (χ4n) is 2.32. The van der Waals surface area contributed by atoms with Crippen LogP contribution in [0.2, 0.25) is 0 Å². The van der Waals surface area contributed by atoms with Gasteiger partial charge in [0.25, 0.3) is 11.9 Å². The van der Waals surface area contributed by atoms with E-state index in [0.29, 0.717) is 36.1 Å². The molecule has 1 N–H and O–H groups in total. The lowest BCUT2D eigenvalue weighted by Crippen LogP contribution is -2.33. The molecule has 0 aliphatic carbocycles. The number of amidine groups is 1. The predicted molar refractivity (Wildman–Crippen MR) is 98.4 cm³/mol. The Balaban J connectivity index is 1.70. The Bertz CT molecular complexity index is 788. The number of benzene rings is 2. The van der Waals surface area contributed by atoms with Gasteiger partial charge in [-0.1, -0.05) is 44.2 Å². The molecule has 136 valence electrons. The van der Waals surface area contributed by atoms with Crippen LogP contribution < -0.4 is 14.8 Å². The normalized spacial score (nSPS) is 13.0. The van der Waals surface area contributed by atoms with Gasteiger partial charge in [0.05, 0.1) is 13.2 Å². The van der Waals surface area contributed by atoms with E-state index in [-0.39, 0.29) is 18.7 Å². The van der Waals surface area contributed by atoms with Gasteiger partial charge in [-0.3, -0.25) is 10.1 Å². The van der Waals surface area contributed by atoms with Crippen molar-refractivity contribution in [3.8, 4) is 11.5 Å². The number of aliphatic imine (C=N–C) groups is 1. The van der Waals surface area contributed by atoms with Crippen LogP contribution in [-0.4, -0.2) is 25.3 Å². The second-order valence-electron chi connectivity index (χ2n) is 6.33. The first-order valence-corrected chi connectivity index (χ1v) is 8.54. The van der Waals surface area contributed by atoms with Crippen molar-refractivity contribution in [3.63, 3.8) is 0 Å². The SMILES string of the molecule is CC(C)COC(=NCc1ccccc1)NC(=O)c1ccc2c(c1)OCO2. The van der Waals surface area contributed by atoms with Crippen LogP contribution in [-0.2, 0) is 11.3 Å². The third-order valence-corrected chi connectivity index (χ3v) is 3.66. The third-order valence-electron chi connectivity index (χ3n) is 3.66. The van der Waals surface area contributed by atoms with Crippen LogP contribution >= 0.6 is 0 Å². The quantitative estimate of drug-likeness (QED) is 0.660. The Morgan fingerprint density at radius 1 is 1.15 bits per heavy atom. The summed E-state index contributed by atoms with van der Waals surface area (Å²) < 4.78 is 16.3. The highest BCUT2D eigenvalue weighted by atomic mass is 16.7. The molecule has 1 heterocycles. The second kappa shape index (κ2) is 8.38. The highest BCUT2D eigenvalue weighted by Crippen LogP contribution is 2.32. The van der Waals surface area contributed by atoms with Crippen molar-refractivity contribution in [2.24, 2.45) is 10.9 Å². The van der Waals surface area contributed by atoms with E-state index < -0.39 is 0 Å². The van der Waals surface area contributed by atoms with Gasteiger partial charge >= 0.3 is 0 Å². The Labute approximate surface area is 152 Å². The molecule has 0 radical (unpaired) electrons. The zero-order chi connectivity index (χ0) is 18.4. The molecule has 0 fully saturated rings. The smallest absolute Gasteiger partial charge is 0.292 e. The number of nitrogens with zero attached hydrogens (tertiary/aromatic N) is 1. The number of fused-ring (bicyclic) bond motifs is 1. The summed E-state index contributed by atoms with van der Waals surface area (Å²) >= 11 is 0. The maximum Gasteiger partial charge on any atom is 0.292 e. The van der Waals surface area contributed by atoms with Gasteiger partial charge in [-0.05, 0) is 29.7 Å². The summed E-state index contributed by atoms with van der Waals surface area (Å²) in [6, 6.07) is 15.1. The van der Waals surface area contributed by atoms with Crippen molar-refractivity contribution in [1.29, 1.82) is 0 Å². The first-order chi connectivity index (χ1) is 12.6. The second-order valence-corrected chi connectivity index (χ2v) is 6.33. The fraction of sp³-hybridized carbons (Fsp3) is 0.300. The molecular formula is C20H22N2O4. The zero-order valence-corrected chi connectivity index (χ0v) is 14.9. The molecule has 0 spiro atoms. The molecule has 0 unspecified atom stereocenters. The van der Waals surface area contributed by atoms with Crippen LogP contribution in [0.25, 0.3) is 0 Å². The largest absolute Gasteiger partial charge is 0.465 e. The van der Waals surface area contributed by atoms with Gasteiger partial charge in [-0.2, -0.15) is 0 Å². The molecule has 1 aliphatic rings. The standard InChI is InChI=1S/C20H22N2O4/c1-14(2)12-24-20(21-11-15-6-4-3-5-7-15)22-19(23)16-8-9-17-18(10-16)26-13-25-17/h3-10,14H,11-13H2,1-2H3,(H,21,22,23). The molecule has 0 saturated carbocycles. The summed E-state index contributed by atoms with van der Waals surface area (Å²) in [6.45, 7) is 5.13. The third kappa shape index (κ3) is 4.75. The zero-order valence-electron chi connectivity index (χ0n) is 14.9. The van der Waals surface area contributed by atoms with Gasteiger partial charge in [0.15, 0.2) is 11.5 Å². The summed E-state index contributed by atoms with van der Waals surface area (Å²) in [6.07, 6.45) is 0. The molecule has 2 aromatic carbocycles. The van der Waals surface area contributed by atoms with Gasteiger partial charge in [0, 0.05) is 5.56 Å². The lowest BCUT2D eigenvalue weighted by atomic mass is 10.2. The van der Waals surface area contributed by atoms with E-state index in [4.69, 9.17) is 14.2 Å². The topological polar surface area (TPSA) is 69.2 Å². The van der Waals surface area contributed by atoms with Gasteiger partial charge in [-0.15, -0.1) is 0 Å². The first-order valence-electron chi connectivity index (χ1n) is 8.54. The van der Waals surface area contributed by atoms with Crippen LogP contribution in [0, 0.1) is 5.92 Å². The number of hydrogen-bond donors (Lipinski definition) is 1. The highest BCUT2D eigenvalue weighted by molar-refractivity contribution is 6.04. The number of amides is 1. The van der Waals surface area contributed by atoms with Gasteiger partial charge in [0.2, 0.25) is 6.79 Å². The molecule has 0 atom stereocenters. The van der Waals surface area contributed by atoms with Crippen molar-refractivity contribution in [1.82, 2.24) is 5.32 Å². The monoisotopic (exact) mass is 354 g/mol. The van der Waals surface area contributed by atoms with Crippen LogP contribution in [0.1, 0.15) is 29.8 Å². The summed E-state index contributed by atoms with van der Waals surface area (Å²) in [5.74, 6) is 1.21. The molecule has 0 aromatic heterocycles. The van der Waals surface area contributed by atoms with Crippen LogP contribution in [0.5, 0.6) is 11.5 Å². The van der Waals surface area contributed by atoms with E-state index in [0.717, 1.165) is 5.56 Å². The van der Waals surface area contributed by atoms with E-state index in [1.54, 1.807) is 18.2 Å². The summed E-state index contributed by atoms with van der Waals surface area (Å²) in [5, 5.41) is 2.74. The van der Waals surface area contributed by atoms with Crippen molar-refractivity contribution >= 4 is 11.9 Å². The van der Waals surface area contributed by atoms with E-state index in [1.165, 1.54) is 0 Å². The summed E-state index contributed by atoms with van der Waals surface area (Å²) in [5.41, 5.74) is 1.49. The Morgan fingerprint density at radius 3 is 2.69 bits per heavy atom. The molecule has 3 rings (SSSR count). The Hall–Kier alpha value is -3.02. The van der Waals surface area contributed by atoms with Crippen LogP contribution in [0.3, 0.4) is 0 Å². The number of carbonyl (C=O) groups excluding carboxylic acids is 1. The summed E-state index contributed by atoms with van der Waals surface area (Å²) in [7, 11) is 0. The molecule has 0 bridgehead atoms. The lowest BCUT2D eigenvalue weighted by molar-refractivity contribution is 0.0962. The van der Waals surface area contributed by atoms with Crippen LogP contribution in [0.15, 0.2) is 53.5 Å². The molecule has 26 heavy (non-hydrogen) atoms. The maximum absolute atomic E-state index is 12.5. The average Bonchev–Trinajstić information content (AvgIpc) is 3.12. The minimum atomic E-state index is -0.307. The molecule has 6 nitrogen and oxygen atoms in total. The summed E-state index contributed by atoms with van der Waals surface area (Å²) in [4.78, 5) is 17.0. The number of ether oxygens (including phenoxy) is 3. The minimum Gasteiger partial charge on any atom is -0.465 e. The van der Waals surface area contributed by atoms with E-state index in [2.05, 4.69) is 10.3 Å². The Morgan fingerprint density at radius 2 is 1.92 bits per heavy atom. The molecule has 1 amide bonds. The van der Waals surface area contributed by atoms with Gasteiger partial charge in [-0.25, -0.2) is 4.99 Å². The molecular weight excluding hydrogens is 332 g/mol. The van der Waals surface area contributed by atoms with Crippen molar-refractivity contribution in [2.45, 2.75) is 20.4 Å². The van der Waals surface area contributed by atoms with Gasteiger partial charge < -0.3 is 14.2 Å². The minimum absolute atomic E-state index is 0.168. The average molecular weight is 354 g/mol. The van der Waals surface area contributed by atoms with E-state index >= 15 is 0 Å². The molecule has 0 saturated heterocycles. The first kappa shape index (κ1) is 17.8. The van der Waals surface area contributed by atoms with Crippen LogP contribution in [0.4, 0.5) is 0 Å². The predicted octanol–water partition coefficient (Wildman–Crippen LogP) is 3.37. The number of hydrogen-bond acceptors (Lipinski definition) is 5. The van der Waals surface area contributed by atoms with E-state index in [9.17, 15) is 4.79 Å². The molecule has 6 heteroatoms. The number of rotatable bonds is 5.